The van der Waals surface area contributed by atoms with Crippen LogP contribution in [0.25, 0.3) is 0 Å². The summed E-state index contributed by atoms with van der Waals surface area (Å²) in [5, 5.41) is 0. The molecule has 0 aromatic carbocycles. The van der Waals surface area contributed by atoms with E-state index in [-0.39, 0.29) is 31.1 Å². The molecule has 0 aromatic rings. The summed E-state index contributed by atoms with van der Waals surface area (Å²) >= 11 is 0. The number of unbranched alkanes of at least 4 members (excludes halogenated alkanes) is 36. The van der Waals surface area contributed by atoms with Crippen molar-refractivity contribution >= 4 is 17.9 Å². The Kier molecular flexibility index (Phi) is 49.6. The van der Waals surface area contributed by atoms with Crippen molar-refractivity contribution < 1.29 is 28.6 Å². The smallest absolute Gasteiger partial charge is 0.306 e. The minimum Gasteiger partial charge on any atom is -0.462 e. The second kappa shape index (κ2) is 50.8. The van der Waals surface area contributed by atoms with Crippen LogP contribution in [0.2, 0.25) is 0 Å². The second-order valence-electron chi connectivity index (χ2n) is 20.6. The van der Waals surface area contributed by atoms with Crippen LogP contribution >= 0.6 is 0 Å². The molecule has 2 atom stereocenters. The van der Waals surface area contributed by atoms with E-state index in [1.807, 2.05) is 0 Å². The summed E-state index contributed by atoms with van der Waals surface area (Å²) in [4.78, 5) is 38.0. The monoisotopic (exact) mass is 905 g/mol. The fraction of sp³-hybridized carbons (Fsp3) is 0.948. The molecule has 6 heteroatoms. The Balaban J connectivity index is 4.19. The van der Waals surface area contributed by atoms with Crippen molar-refractivity contribution in [2.24, 2.45) is 11.8 Å². The summed E-state index contributed by atoms with van der Waals surface area (Å²) in [5.41, 5.74) is 0. The molecule has 0 N–H and O–H groups in total. The van der Waals surface area contributed by atoms with E-state index in [0.717, 1.165) is 69.6 Å². The van der Waals surface area contributed by atoms with Gasteiger partial charge < -0.3 is 14.2 Å². The van der Waals surface area contributed by atoms with Gasteiger partial charge in [0.05, 0.1) is 0 Å². The summed E-state index contributed by atoms with van der Waals surface area (Å²) in [5.74, 6) is 0.899. The first-order valence-corrected chi connectivity index (χ1v) is 28.8. The normalized spacial score (nSPS) is 12.5. The highest BCUT2D eigenvalue weighted by Gasteiger charge is 2.19. The van der Waals surface area contributed by atoms with Crippen LogP contribution < -0.4 is 0 Å². The molecule has 0 aliphatic carbocycles. The Morgan fingerprint density at radius 1 is 0.328 bits per heavy atom. The van der Waals surface area contributed by atoms with Gasteiger partial charge in [-0.15, -0.1) is 0 Å². The average molecular weight is 906 g/mol. The van der Waals surface area contributed by atoms with Gasteiger partial charge in [0.2, 0.25) is 0 Å². The third-order valence-corrected chi connectivity index (χ3v) is 13.6. The van der Waals surface area contributed by atoms with Gasteiger partial charge in [-0.25, -0.2) is 0 Å². The summed E-state index contributed by atoms with van der Waals surface area (Å²) in [6.07, 6.45) is 53.8. The summed E-state index contributed by atoms with van der Waals surface area (Å²) in [6, 6.07) is 0. The van der Waals surface area contributed by atoms with Crippen molar-refractivity contribution in [1.82, 2.24) is 0 Å². The lowest BCUT2D eigenvalue weighted by atomic mass is 9.99. The van der Waals surface area contributed by atoms with Gasteiger partial charge in [0.15, 0.2) is 6.10 Å². The number of carbonyl (C=O) groups is 3. The second-order valence-corrected chi connectivity index (χ2v) is 20.6. The van der Waals surface area contributed by atoms with E-state index in [2.05, 4.69) is 34.6 Å². The molecule has 0 aliphatic rings. The topological polar surface area (TPSA) is 78.9 Å². The van der Waals surface area contributed by atoms with E-state index in [1.54, 1.807) is 0 Å². The molecule has 1 unspecified atom stereocenters. The molecule has 0 heterocycles. The number of hydrogen-bond donors (Lipinski definition) is 0. The van der Waals surface area contributed by atoms with E-state index >= 15 is 0 Å². The van der Waals surface area contributed by atoms with Gasteiger partial charge >= 0.3 is 17.9 Å². The van der Waals surface area contributed by atoms with Crippen LogP contribution in [-0.2, 0) is 28.6 Å². The first kappa shape index (κ1) is 62.4. The highest BCUT2D eigenvalue weighted by Crippen LogP contribution is 2.19. The average Bonchev–Trinajstić information content (AvgIpc) is 3.28. The van der Waals surface area contributed by atoms with Crippen LogP contribution in [0.4, 0.5) is 0 Å². The molecule has 0 fully saturated rings. The molecule has 0 radical (unpaired) electrons. The maximum absolute atomic E-state index is 12.8. The van der Waals surface area contributed by atoms with Crippen molar-refractivity contribution in [3.63, 3.8) is 0 Å². The predicted octanol–water partition coefficient (Wildman–Crippen LogP) is 18.9. The summed E-state index contributed by atoms with van der Waals surface area (Å²) in [7, 11) is 0. The maximum atomic E-state index is 12.8. The first-order chi connectivity index (χ1) is 31.3. The third-order valence-electron chi connectivity index (χ3n) is 13.6. The van der Waals surface area contributed by atoms with Crippen LogP contribution in [-0.4, -0.2) is 37.2 Å². The minimum absolute atomic E-state index is 0.0631. The minimum atomic E-state index is -0.761. The Labute approximate surface area is 399 Å². The van der Waals surface area contributed by atoms with Crippen molar-refractivity contribution in [3.05, 3.63) is 0 Å². The lowest BCUT2D eigenvalue weighted by Gasteiger charge is -2.18. The first-order valence-electron chi connectivity index (χ1n) is 28.8. The van der Waals surface area contributed by atoms with Crippen molar-refractivity contribution in [3.8, 4) is 0 Å². The van der Waals surface area contributed by atoms with Crippen LogP contribution in [0, 0.1) is 11.8 Å². The van der Waals surface area contributed by atoms with Gasteiger partial charge in [0.1, 0.15) is 13.2 Å². The quantitative estimate of drug-likeness (QED) is 0.0344. The van der Waals surface area contributed by atoms with E-state index in [9.17, 15) is 14.4 Å². The number of esters is 3. The number of carbonyl (C=O) groups excluding carboxylic acids is 3. The standard InChI is InChI=1S/C58H112O6/c1-6-8-9-10-11-26-33-38-43-48-56(59)62-51-55(52-63-57(60)49-44-39-34-29-24-21-20-22-27-31-36-41-46-53(3)4)64-58(61)50-45-40-35-30-25-19-17-15-13-12-14-16-18-23-28-32-37-42-47-54(5)7-2/h53-55H,6-52H2,1-5H3/t54?,55-/m1/s1. The molecule has 0 amide bonds. The Bertz CT molecular complexity index is 980. The molecule has 0 spiro atoms. The molecular weight excluding hydrogens is 793 g/mol. The predicted molar refractivity (Wildman–Crippen MR) is 275 cm³/mol. The van der Waals surface area contributed by atoms with Gasteiger partial charge in [-0.2, -0.15) is 0 Å². The summed E-state index contributed by atoms with van der Waals surface area (Å²) < 4.78 is 16.8. The van der Waals surface area contributed by atoms with E-state index in [0.29, 0.717) is 19.3 Å². The zero-order chi connectivity index (χ0) is 46.8. The van der Waals surface area contributed by atoms with Gasteiger partial charge in [0, 0.05) is 19.3 Å². The van der Waals surface area contributed by atoms with Gasteiger partial charge in [-0.1, -0.05) is 285 Å². The Hall–Kier alpha value is -1.59. The molecule has 64 heavy (non-hydrogen) atoms. The van der Waals surface area contributed by atoms with Crippen molar-refractivity contribution in [1.29, 1.82) is 0 Å². The zero-order valence-electron chi connectivity index (χ0n) is 43.9. The van der Waals surface area contributed by atoms with Crippen LogP contribution in [0.1, 0.15) is 324 Å². The molecule has 6 nitrogen and oxygen atoms in total. The zero-order valence-corrected chi connectivity index (χ0v) is 43.9. The van der Waals surface area contributed by atoms with Gasteiger partial charge in [0.25, 0.3) is 0 Å². The highest BCUT2D eigenvalue weighted by atomic mass is 16.6. The van der Waals surface area contributed by atoms with E-state index in [4.69, 9.17) is 14.2 Å². The fourth-order valence-electron chi connectivity index (χ4n) is 8.84. The molecule has 0 saturated carbocycles. The number of ether oxygens (including phenoxy) is 3. The SMILES string of the molecule is CCCCCCCCCCCC(=O)OC[C@H](COC(=O)CCCCCCCCCCCCCCC(C)C)OC(=O)CCCCCCCCCCCCCCCCCCCCC(C)CC. The molecule has 0 aliphatic heterocycles. The van der Waals surface area contributed by atoms with E-state index < -0.39 is 6.10 Å². The van der Waals surface area contributed by atoms with Crippen molar-refractivity contribution in [2.45, 2.75) is 330 Å². The lowest BCUT2D eigenvalue weighted by Crippen LogP contribution is -2.30. The van der Waals surface area contributed by atoms with E-state index in [1.165, 1.54) is 212 Å². The maximum Gasteiger partial charge on any atom is 0.306 e. The number of hydrogen-bond acceptors (Lipinski definition) is 6. The lowest BCUT2D eigenvalue weighted by molar-refractivity contribution is -0.167. The third kappa shape index (κ3) is 49.8. The van der Waals surface area contributed by atoms with Crippen molar-refractivity contribution in [2.75, 3.05) is 13.2 Å². The molecular formula is C58H112O6. The fourth-order valence-corrected chi connectivity index (χ4v) is 8.84. The van der Waals surface area contributed by atoms with Crippen LogP contribution in [0.3, 0.4) is 0 Å². The molecule has 0 bridgehead atoms. The highest BCUT2D eigenvalue weighted by molar-refractivity contribution is 5.71. The summed E-state index contributed by atoms with van der Waals surface area (Å²) in [6.45, 7) is 11.4. The Morgan fingerprint density at radius 2 is 0.594 bits per heavy atom. The Morgan fingerprint density at radius 3 is 0.891 bits per heavy atom. The van der Waals surface area contributed by atoms with Crippen LogP contribution in [0.15, 0.2) is 0 Å². The van der Waals surface area contributed by atoms with Gasteiger partial charge in [-0.3, -0.25) is 14.4 Å². The number of rotatable bonds is 52. The molecule has 0 saturated heterocycles. The van der Waals surface area contributed by atoms with Crippen LogP contribution in [0.5, 0.6) is 0 Å². The molecule has 0 rings (SSSR count). The molecule has 380 valence electrons. The molecule has 0 aromatic heterocycles. The largest absolute Gasteiger partial charge is 0.462 e. The van der Waals surface area contributed by atoms with Gasteiger partial charge in [-0.05, 0) is 31.1 Å².